The maximum atomic E-state index is 12.8. The monoisotopic (exact) mass is 353 g/mol. The smallest absolute Gasteiger partial charge is 0.257 e. The van der Waals surface area contributed by atoms with E-state index in [0.717, 1.165) is 35.5 Å². The molecule has 1 aliphatic heterocycles. The lowest BCUT2D eigenvalue weighted by atomic mass is 10.1. The number of anilines is 1. The van der Waals surface area contributed by atoms with Gasteiger partial charge in [0.2, 0.25) is 0 Å². The number of hydrogen-bond acceptors (Lipinski definition) is 5. The van der Waals surface area contributed by atoms with E-state index < -0.39 is 0 Å². The van der Waals surface area contributed by atoms with Crippen molar-refractivity contribution in [2.45, 2.75) is 19.9 Å². The van der Waals surface area contributed by atoms with E-state index >= 15 is 0 Å². The Hall–Kier alpha value is -2.90. The first-order chi connectivity index (χ1) is 12.5. The Morgan fingerprint density at radius 1 is 1.27 bits per heavy atom. The van der Waals surface area contributed by atoms with Crippen LogP contribution in [0.4, 0.5) is 5.69 Å². The molecule has 1 fully saturated rings. The van der Waals surface area contributed by atoms with Crippen molar-refractivity contribution in [3.05, 3.63) is 35.9 Å². The number of rotatable bonds is 2. The predicted molar refractivity (Wildman–Crippen MR) is 99.2 cm³/mol. The molecule has 0 aliphatic carbocycles. The maximum absolute atomic E-state index is 12.8. The third-order valence-electron chi connectivity index (χ3n) is 5.06. The van der Waals surface area contributed by atoms with Crippen LogP contribution in [0.1, 0.15) is 23.0 Å². The zero-order chi connectivity index (χ0) is 18.4. The van der Waals surface area contributed by atoms with Crippen molar-refractivity contribution < 1.29 is 4.79 Å². The molecule has 8 heteroatoms. The lowest BCUT2D eigenvalue weighted by Crippen LogP contribution is -2.54. The van der Waals surface area contributed by atoms with Gasteiger partial charge in [-0.25, -0.2) is 4.98 Å². The molecular weight excluding hydrogens is 330 g/mol. The summed E-state index contributed by atoms with van der Waals surface area (Å²) in [5.41, 5.74) is 3.65. The fraction of sp³-hybridized carbons (Fsp3) is 0.444. The Morgan fingerprint density at radius 3 is 2.77 bits per heavy atom. The van der Waals surface area contributed by atoms with E-state index in [1.54, 1.807) is 17.1 Å². The first kappa shape index (κ1) is 16.6. The number of pyridine rings is 1. The summed E-state index contributed by atoms with van der Waals surface area (Å²) in [5.74, 6) is 0.0442. The molecule has 0 saturated carbocycles. The first-order valence-corrected chi connectivity index (χ1v) is 8.78. The second-order valence-corrected chi connectivity index (χ2v) is 6.93. The summed E-state index contributed by atoms with van der Waals surface area (Å²) < 4.78 is 3.48. The second-order valence-electron chi connectivity index (χ2n) is 6.93. The topological polar surface area (TPSA) is 72.1 Å². The highest BCUT2D eigenvalue weighted by Gasteiger charge is 2.30. The van der Waals surface area contributed by atoms with Gasteiger partial charge in [0.25, 0.3) is 5.91 Å². The Morgan fingerprint density at radius 2 is 2.08 bits per heavy atom. The zero-order valence-electron chi connectivity index (χ0n) is 15.5. The highest BCUT2D eigenvalue weighted by atomic mass is 16.2. The summed E-state index contributed by atoms with van der Waals surface area (Å²) in [6.07, 6.45) is 5.23. The van der Waals surface area contributed by atoms with Gasteiger partial charge in [-0.3, -0.25) is 14.2 Å². The van der Waals surface area contributed by atoms with Crippen LogP contribution in [0.5, 0.6) is 0 Å². The third kappa shape index (κ3) is 2.61. The van der Waals surface area contributed by atoms with Gasteiger partial charge < -0.3 is 9.80 Å². The number of hydrogen-bond donors (Lipinski definition) is 0. The summed E-state index contributed by atoms with van der Waals surface area (Å²) in [4.78, 5) is 21.5. The fourth-order valence-electron chi connectivity index (χ4n) is 3.79. The van der Waals surface area contributed by atoms with E-state index in [9.17, 15) is 4.79 Å². The van der Waals surface area contributed by atoms with Crippen LogP contribution < -0.4 is 4.90 Å². The minimum atomic E-state index is 0.0442. The third-order valence-corrected chi connectivity index (χ3v) is 5.06. The number of aryl methyl sites for hydroxylation is 3. The molecule has 0 bridgehead atoms. The molecule has 1 atom stereocenters. The molecule has 0 spiro atoms. The molecule has 3 aromatic rings. The van der Waals surface area contributed by atoms with Gasteiger partial charge in [-0.2, -0.15) is 10.2 Å². The summed E-state index contributed by atoms with van der Waals surface area (Å²) in [7, 11) is 3.74. The average molecular weight is 353 g/mol. The Labute approximate surface area is 152 Å². The Bertz CT molecular complexity index is 973. The normalized spacial score (nSPS) is 17.9. The molecule has 26 heavy (non-hydrogen) atoms. The SMILES string of the molecule is Cc1nn(C)c2nccc(N3CCN(C(=O)c4cnn(C)c4)[C@@H](C)C3)c12. The van der Waals surface area contributed by atoms with Crippen LogP contribution >= 0.6 is 0 Å². The molecule has 3 aromatic heterocycles. The minimum absolute atomic E-state index is 0.0442. The molecule has 0 aromatic carbocycles. The van der Waals surface area contributed by atoms with E-state index in [-0.39, 0.29) is 11.9 Å². The molecule has 8 nitrogen and oxygen atoms in total. The van der Waals surface area contributed by atoms with Gasteiger partial charge >= 0.3 is 0 Å². The number of carbonyl (C=O) groups excluding carboxylic acids is 1. The molecule has 1 saturated heterocycles. The van der Waals surface area contributed by atoms with Crippen molar-refractivity contribution in [3.63, 3.8) is 0 Å². The van der Waals surface area contributed by atoms with E-state index in [2.05, 4.69) is 27.0 Å². The summed E-state index contributed by atoms with van der Waals surface area (Å²) in [6, 6.07) is 2.15. The van der Waals surface area contributed by atoms with Crippen molar-refractivity contribution >= 4 is 22.6 Å². The quantitative estimate of drug-likeness (QED) is 0.696. The van der Waals surface area contributed by atoms with Crippen LogP contribution in [-0.2, 0) is 14.1 Å². The fourth-order valence-corrected chi connectivity index (χ4v) is 3.79. The van der Waals surface area contributed by atoms with Gasteiger partial charge in [-0.1, -0.05) is 0 Å². The van der Waals surface area contributed by atoms with E-state index in [1.165, 1.54) is 0 Å². The van der Waals surface area contributed by atoms with E-state index in [4.69, 9.17) is 0 Å². The van der Waals surface area contributed by atoms with Crippen molar-refractivity contribution in [2.24, 2.45) is 14.1 Å². The molecule has 4 heterocycles. The van der Waals surface area contributed by atoms with Gasteiger partial charge in [0.1, 0.15) is 0 Å². The molecular formula is C18H23N7O. The van der Waals surface area contributed by atoms with E-state index in [1.807, 2.05) is 42.9 Å². The van der Waals surface area contributed by atoms with Crippen LogP contribution in [0, 0.1) is 6.92 Å². The predicted octanol–water partition coefficient (Wildman–Crippen LogP) is 1.36. The van der Waals surface area contributed by atoms with Crippen molar-refractivity contribution in [1.29, 1.82) is 0 Å². The molecule has 0 radical (unpaired) electrons. The van der Waals surface area contributed by atoms with Crippen LogP contribution in [-0.4, -0.2) is 61.0 Å². The van der Waals surface area contributed by atoms with Crippen molar-refractivity contribution in [3.8, 4) is 0 Å². The number of piperazine rings is 1. The minimum Gasteiger partial charge on any atom is -0.367 e. The van der Waals surface area contributed by atoms with Crippen LogP contribution in [0.2, 0.25) is 0 Å². The van der Waals surface area contributed by atoms with Gasteiger partial charge in [-0.15, -0.1) is 0 Å². The average Bonchev–Trinajstić information content (AvgIpc) is 3.18. The second kappa shape index (κ2) is 6.12. The number of carbonyl (C=O) groups is 1. The molecule has 1 amide bonds. The molecule has 0 unspecified atom stereocenters. The largest absolute Gasteiger partial charge is 0.367 e. The number of aromatic nitrogens is 5. The summed E-state index contributed by atoms with van der Waals surface area (Å²) in [5, 5.41) is 9.70. The van der Waals surface area contributed by atoms with Gasteiger partial charge in [-0.05, 0) is 19.9 Å². The van der Waals surface area contributed by atoms with Crippen LogP contribution in [0.25, 0.3) is 11.0 Å². The number of nitrogens with zero attached hydrogens (tertiary/aromatic N) is 7. The molecule has 1 aliphatic rings. The molecule has 136 valence electrons. The highest BCUT2D eigenvalue weighted by Crippen LogP contribution is 2.29. The van der Waals surface area contributed by atoms with E-state index in [0.29, 0.717) is 12.1 Å². The van der Waals surface area contributed by atoms with Crippen molar-refractivity contribution in [2.75, 3.05) is 24.5 Å². The summed E-state index contributed by atoms with van der Waals surface area (Å²) in [6.45, 7) is 6.34. The lowest BCUT2D eigenvalue weighted by molar-refractivity contribution is 0.0674. The first-order valence-electron chi connectivity index (χ1n) is 8.78. The summed E-state index contributed by atoms with van der Waals surface area (Å²) >= 11 is 0. The standard InChI is InChI=1S/C18H23N7O/c1-12-10-24(7-8-25(12)18(26)14-9-20-22(3)11-14)15-5-6-19-17-16(15)13(2)21-23(17)4/h5-6,9,11-12H,7-8,10H2,1-4H3/t12-/m0/s1. The molecule has 0 N–H and O–H groups in total. The Kier molecular flexibility index (Phi) is 3.90. The molecule has 4 rings (SSSR count). The van der Waals surface area contributed by atoms with Crippen molar-refractivity contribution in [1.82, 2.24) is 29.4 Å². The number of fused-ring (bicyclic) bond motifs is 1. The van der Waals surface area contributed by atoms with Crippen LogP contribution in [0.15, 0.2) is 24.7 Å². The lowest BCUT2D eigenvalue weighted by Gasteiger charge is -2.41. The number of amides is 1. The maximum Gasteiger partial charge on any atom is 0.257 e. The Balaban J connectivity index is 1.59. The highest BCUT2D eigenvalue weighted by molar-refractivity contribution is 5.95. The zero-order valence-corrected chi connectivity index (χ0v) is 15.5. The van der Waals surface area contributed by atoms with Gasteiger partial charge in [0.15, 0.2) is 5.65 Å². The van der Waals surface area contributed by atoms with Gasteiger partial charge in [0, 0.05) is 52.2 Å². The van der Waals surface area contributed by atoms with Gasteiger partial charge in [0.05, 0.1) is 28.5 Å². The van der Waals surface area contributed by atoms with Crippen LogP contribution in [0.3, 0.4) is 0 Å².